The van der Waals surface area contributed by atoms with Crippen molar-refractivity contribution in [2.75, 3.05) is 80.6 Å². The summed E-state index contributed by atoms with van der Waals surface area (Å²) in [5, 5.41) is 9.71. The maximum absolute atomic E-state index is 14.6. The summed E-state index contributed by atoms with van der Waals surface area (Å²) < 4.78 is 16.9. The number of carbonyl (C=O) groups excluding carboxylic acids is 4. The first-order valence-electron chi connectivity index (χ1n) is 21.0. The summed E-state index contributed by atoms with van der Waals surface area (Å²) in [6.45, 7) is 13.6. The smallest absolute Gasteiger partial charge is 0.264 e. The van der Waals surface area contributed by atoms with Crippen molar-refractivity contribution < 1.29 is 23.6 Å². The standard InChI is InChI=1S/C44H51ClFN9O4/c1-27-18-29(19-28(2)38(27)46)22-54-35-21-30(45)20-34(39(35)50-43(54)53-25-44(26-53)23-47-24-44)52-16-14-51(15-17-52)13-6-4-3-5-12-48-32-9-7-8-31-37(32)42(59)55(41(31)58)33-10-11-36(56)49-40(33)57/h7-9,18-21,33,47-48H,3-6,10-17,22-26H2,1-2H3,(H,49,56,57). The monoisotopic (exact) mass is 823 g/mol. The summed E-state index contributed by atoms with van der Waals surface area (Å²) in [5.74, 6) is -1.21. The van der Waals surface area contributed by atoms with Crippen LogP contribution in [0.25, 0.3) is 11.0 Å². The Kier molecular flexibility index (Phi) is 10.6. The van der Waals surface area contributed by atoms with Crippen LogP contribution in [0.1, 0.15) is 75.9 Å². The second-order valence-electron chi connectivity index (χ2n) is 17.1. The number of unbranched alkanes of at least 4 members (excludes halogenated alkanes) is 3. The minimum absolute atomic E-state index is 0.0879. The van der Waals surface area contributed by atoms with Crippen molar-refractivity contribution in [1.29, 1.82) is 0 Å². The van der Waals surface area contributed by atoms with Crippen LogP contribution in [0, 0.1) is 25.1 Å². The number of anilines is 3. The molecule has 59 heavy (non-hydrogen) atoms. The first kappa shape index (κ1) is 39.4. The summed E-state index contributed by atoms with van der Waals surface area (Å²) in [5.41, 5.74) is 6.85. The molecule has 13 nitrogen and oxygen atoms in total. The third-order valence-electron chi connectivity index (χ3n) is 12.8. The molecule has 6 heterocycles. The molecule has 1 spiro atoms. The second kappa shape index (κ2) is 15.9. The van der Waals surface area contributed by atoms with Crippen LogP contribution in [0.15, 0.2) is 42.5 Å². The lowest BCUT2D eigenvalue weighted by Gasteiger charge is -2.56. The number of nitrogens with one attached hydrogen (secondary N) is 3. The van der Waals surface area contributed by atoms with Gasteiger partial charge in [0, 0.05) is 81.4 Å². The molecule has 4 aromatic rings. The van der Waals surface area contributed by atoms with Gasteiger partial charge in [-0.1, -0.05) is 42.6 Å². The van der Waals surface area contributed by atoms with Gasteiger partial charge in [-0.15, -0.1) is 0 Å². The molecule has 0 radical (unpaired) electrons. The maximum Gasteiger partial charge on any atom is 0.264 e. The zero-order valence-electron chi connectivity index (χ0n) is 33.7. The van der Waals surface area contributed by atoms with Crippen LogP contribution in [0.5, 0.6) is 0 Å². The summed E-state index contributed by atoms with van der Waals surface area (Å²) in [4.78, 5) is 64.3. The lowest BCUT2D eigenvalue weighted by molar-refractivity contribution is -0.136. The van der Waals surface area contributed by atoms with E-state index in [1.165, 1.54) is 0 Å². The molecule has 0 aliphatic carbocycles. The molecule has 4 saturated heterocycles. The molecule has 4 fully saturated rings. The fourth-order valence-electron chi connectivity index (χ4n) is 9.63. The fraction of sp³-hybridized carbons (Fsp3) is 0.477. The third kappa shape index (κ3) is 7.44. The first-order valence-corrected chi connectivity index (χ1v) is 21.3. The van der Waals surface area contributed by atoms with E-state index in [-0.39, 0.29) is 24.2 Å². The molecule has 9 rings (SSSR count). The number of carbonyl (C=O) groups is 4. The number of rotatable bonds is 13. The SMILES string of the molecule is Cc1cc(Cn2c(N3CC4(CNC4)C3)nc3c(N4CCN(CCCCCCNc5cccc6c5C(=O)N(C5CCC(=O)NC5=O)C6=O)CC4)cc(Cl)cc32)cc(C)c1F. The van der Waals surface area contributed by atoms with Crippen LogP contribution in [0.4, 0.5) is 21.7 Å². The predicted molar refractivity (Wildman–Crippen MR) is 226 cm³/mol. The summed E-state index contributed by atoms with van der Waals surface area (Å²) in [6.07, 6.45) is 4.31. The number of imidazole rings is 1. The highest BCUT2D eigenvalue weighted by molar-refractivity contribution is 6.32. The van der Waals surface area contributed by atoms with Crippen LogP contribution in [-0.4, -0.2) is 114 Å². The number of fused-ring (bicyclic) bond motifs is 2. The van der Waals surface area contributed by atoms with Gasteiger partial charge in [-0.3, -0.25) is 34.3 Å². The molecule has 3 aromatic carbocycles. The number of hydrogen-bond acceptors (Lipinski definition) is 10. The average molecular weight is 824 g/mol. The fourth-order valence-corrected chi connectivity index (χ4v) is 9.83. The van der Waals surface area contributed by atoms with Crippen molar-refractivity contribution in [2.24, 2.45) is 5.41 Å². The van der Waals surface area contributed by atoms with E-state index in [0.717, 1.165) is 118 Å². The van der Waals surface area contributed by atoms with Crippen molar-refractivity contribution in [2.45, 2.75) is 65.0 Å². The van der Waals surface area contributed by atoms with Gasteiger partial charge in [0.2, 0.25) is 17.8 Å². The highest BCUT2D eigenvalue weighted by Crippen LogP contribution is 2.41. The van der Waals surface area contributed by atoms with E-state index >= 15 is 0 Å². The summed E-state index contributed by atoms with van der Waals surface area (Å²) in [6, 6.07) is 12.1. The maximum atomic E-state index is 14.6. The average Bonchev–Trinajstić information content (AvgIpc) is 3.65. The van der Waals surface area contributed by atoms with Crippen molar-refractivity contribution in [3.05, 3.63) is 81.1 Å². The zero-order chi connectivity index (χ0) is 41.0. The van der Waals surface area contributed by atoms with Crippen molar-refractivity contribution >= 4 is 63.6 Å². The Balaban J connectivity index is 0.780. The number of nitrogens with zero attached hydrogens (tertiary/aromatic N) is 6. The normalized spacial score (nSPS) is 20.3. The van der Waals surface area contributed by atoms with Crippen molar-refractivity contribution in [1.82, 2.24) is 30.0 Å². The molecule has 310 valence electrons. The predicted octanol–water partition coefficient (Wildman–Crippen LogP) is 5.10. The molecule has 1 aromatic heterocycles. The topological polar surface area (TPSA) is 135 Å². The van der Waals surface area contributed by atoms with Gasteiger partial charge in [0.05, 0.1) is 28.9 Å². The van der Waals surface area contributed by atoms with Gasteiger partial charge in [0.25, 0.3) is 11.8 Å². The van der Waals surface area contributed by atoms with Crippen molar-refractivity contribution in [3.63, 3.8) is 0 Å². The number of imide groups is 2. The highest BCUT2D eigenvalue weighted by atomic mass is 35.5. The molecular weight excluding hydrogens is 773 g/mol. The molecular formula is C44H51ClFN9O4. The van der Waals surface area contributed by atoms with Crippen molar-refractivity contribution in [3.8, 4) is 0 Å². The number of hydrogen-bond donors (Lipinski definition) is 3. The molecule has 5 aliphatic rings. The van der Waals surface area contributed by atoms with Crippen LogP contribution in [-0.2, 0) is 16.1 Å². The van der Waals surface area contributed by atoms with Gasteiger partial charge in [0.15, 0.2) is 0 Å². The molecule has 1 unspecified atom stereocenters. The lowest BCUT2D eigenvalue weighted by Crippen LogP contribution is -2.71. The quantitative estimate of drug-likeness (QED) is 0.124. The number of benzene rings is 3. The van der Waals surface area contributed by atoms with E-state index in [2.05, 4.69) is 41.3 Å². The van der Waals surface area contributed by atoms with Crippen LogP contribution >= 0.6 is 11.6 Å². The Labute approximate surface area is 348 Å². The Hall–Kier alpha value is -5.05. The second-order valence-corrected chi connectivity index (χ2v) is 17.6. The third-order valence-corrected chi connectivity index (χ3v) is 13.1. The van der Waals surface area contributed by atoms with E-state index in [1.807, 2.05) is 32.0 Å². The van der Waals surface area contributed by atoms with Gasteiger partial charge in [-0.05, 0) is 80.6 Å². The van der Waals surface area contributed by atoms with Gasteiger partial charge in [-0.25, -0.2) is 9.37 Å². The molecule has 0 bridgehead atoms. The molecule has 3 N–H and O–H groups in total. The number of aryl methyl sites for hydroxylation is 2. The van der Waals surface area contributed by atoms with E-state index in [9.17, 15) is 23.6 Å². The Morgan fingerprint density at radius 1 is 0.915 bits per heavy atom. The van der Waals surface area contributed by atoms with Crippen LogP contribution < -0.4 is 25.8 Å². The Morgan fingerprint density at radius 3 is 2.37 bits per heavy atom. The number of amides is 4. The minimum Gasteiger partial charge on any atom is -0.384 e. The number of piperazine rings is 1. The number of halogens is 2. The zero-order valence-corrected chi connectivity index (χ0v) is 34.5. The van der Waals surface area contributed by atoms with Gasteiger partial charge < -0.3 is 25.0 Å². The van der Waals surface area contributed by atoms with Gasteiger partial charge in [-0.2, -0.15) is 0 Å². The Bertz CT molecular complexity index is 2320. The molecule has 1 atom stereocenters. The molecule has 5 aliphatic heterocycles. The van der Waals surface area contributed by atoms with E-state index in [4.69, 9.17) is 16.6 Å². The van der Waals surface area contributed by atoms with Gasteiger partial charge in [0.1, 0.15) is 17.4 Å². The van der Waals surface area contributed by atoms with E-state index < -0.39 is 29.7 Å². The molecule has 15 heteroatoms. The molecule has 4 amide bonds. The first-order chi connectivity index (χ1) is 28.5. The highest BCUT2D eigenvalue weighted by Gasteiger charge is 2.49. The number of aromatic nitrogens is 2. The van der Waals surface area contributed by atoms with E-state index in [0.29, 0.717) is 45.9 Å². The Morgan fingerprint density at radius 2 is 1.66 bits per heavy atom. The van der Waals surface area contributed by atoms with Gasteiger partial charge >= 0.3 is 0 Å². The number of piperidine rings is 1. The molecule has 0 saturated carbocycles. The summed E-state index contributed by atoms with van der Waals surface area (Å²) >= 11 is 6.86. The largest absolute Gasteiger partial charge is 0.384 e. The van der Waals surface area contributed by atoms with Crippen LogP contribution in [0.3, 0.4) is 0 Å². The van der Waals surface area contributed by atoms with E-state index in [1.54, 1.807) is 18.2 Å². The lowest BCUT2D eigenvalue weighted by atomic mass is 9.75. The van der Waals surface area contributed by atoms with Crippen LogP contribution in [0.2, 0.25) is 5.02 Å². The minimum atomic E-state index is -0.983. The summed E-state index contributed by atoms with van der Waals surface area (Å²) in [7, 11) is 0.